The van der Waals surface area contributed by atoms with E-state index < -0.39 is 11.9 Å². The summed E-state index contributed by atoms with van der Waals surface area (Å²) in [6.45, 7) is 0. The molecular weight excluding hydrogens is 424 g/mol. The second-order valence-corrected chi connectivity index (χ2v) is 5.17. The summed E-state index contributed by atoms with van der Waals surface area (Å²) in [6.07, 6.45) is 0. The van der Waals surface area contributed by atoms with Crippen molar-refractivity contribution in [3.05, 3.63) is 57.6 Å². The van der Waals surface area contributed by atoms with Crippen molar-refractivity contribution in [1.29, 1.82) is 0 Å². The molecule has 2 rings (SSSR count). The summed E-state index contributed by atoms with van der Waals surface area (Å²) in [5, 5.41) is 18.2. The minimum Gasteiger partial charge on any atom is -0.496 e. The molecule has 6 nitrogen and oxygen atoms in total. The smallest absolute Gasteiger partial charge is 0.339 e. The zero-order valence-electron chi connectivity index (χ0n) is 13.5. The molecule has 2 aromatic rings. The van der Waals surface area contributed by atoms with Crippen molar-refractivity contribution in [2.45, 2.75) is 0 Å². The summed E-state index contributed by atoms with van der Waals surface area (Å²) in [5.74, 6) is -1.50. The van der Waals surface area contributed by atoms with E-state index in [0.717, 1.165) is 0 Å². The van der Waals surface area contributed by atoms with Crippen LogP contribution < -0.4 is 9.47 Å². The Morgan fingerprint density at radius 2 is 1.12 bits per heavy atom. The van der Waals surface area contributed by atoms with E-state index in [0.29, 0.717) is 10.0 Å². The van der Waals surface area contributed by atoms with Gasteiger partial charge in [-0.1, -0.05) is 23.2 Å². The first-order valence-corrected chi connectivity index (χ1v) is 7.19. The molecule has 2 N–H and O–H groups in total. The Hall–Kier alpha value is -1.82. The van der Waals surface area contributed by atoms with Crippen LogP contribution >= 0.6 is 23.2 Å². The zero-order valence-corrected chi connectivity index (χ0v) is 17.9. The fourth-order valence-electron chi connectivity index (χ4n) is 1.68. The number of rotatable bonds is 4. The number of aromatic carboxylic acids is 2. The fourth-order valence-corrected chi connectivity index (χ4v) is 2.01. The molecule has 0 atom stereocenters. The molecule has 2 aromatic carbocycles. The van der Waals surface area contributed by atoms with Gasteiger partial charge in [-0.25, -0.2) is 9.59 Å². The molecule has 9 heteroatoms. The Balaban J connectivity index is 0.000000443. The van der Waals surface area contributed by atoms with Gasteiger partial charge in [0.1, 0.15) is 22.6 Å². The maximum Gasteiger partial charge on any atom is 0.339 e. The number of hydrogen-bond acceptors (Lipinski definition) is 4. The quantitative estimate of drug-likeness (QED) is 0.699. The van der Waals surface area contributed by atoms with E-state index in [1.165, 1.54) is 50.6 Å². The fraction of sp³-hybridized carbons (Fsp3) is 0.125. The molecule has 0 radical (unpaired) electrons. The molecule has 0 saturated heterocycles. The molecule has 0 aliphatic rings. The number of ether oxygens (including phenoxy) is 2. The van der Waals surface area contributed by atoms with E-state index >= 15 is 0 Å². The van der Waals surface area contributed by atoms with Crippen LogP contribution in [0.5, 0.6) is 11.5 Å². The summed E-state index contributed by atoms with van der Waals surface area (Å²) in [5.41, 5.74) is 0.226. The molecule has 0 fully saturated rings. The molecule has 0 aromatic heterocycles. The topological polar surface area (TPSA) is 93.1 Å². The van der Waals surface area contributed by atoms with Gasteiger partial charge in [-0.15, -0.1) is 0 Å². The predicted molar refractivity (Wildman–Crippen MR) is 89.9 cm³/mol. The normalized spacial score (nSPS) is 9.12. The van der Waals surface area contributed by atoms with Crippen molar-refractivity contribution >= 4 is 35.1 Å². The van der Waals surface area contributed by atoms with Crippen molar-refractivity contribution in [1.82, 2.24) is 0 Å². The van der Waals surface area contributed by atoms with Gasteiger partial charge in [0.15, 0.2) is 0 Å². The van der Waals surface area contributed by atoms with E-state index in [2.05, 4.69) is 0 Å². The largest absolute Gasteiger partial charge is 0.496 e. The van der Waals surface area contributed by atoms with Crippen LogP contribution in [-0.2, 0) is 19.5 Å². The van der Waals surface area contributed by atoms with Gasteiger partial charge in [-0.3, -0.25) is 0 Å². The van der Waals surface area contributed by atoms with Gasteiger partial charge in [-0.05, 0) is 36.4 Å². The van der Waals surface area contributed by atoms with E-state index in [1.807, 2.05) is 0 Å². The molecule has 0 aliphatic carbocycles. The second-order valence-electron chi connectivity index (χ2n) is 4.30. The average molecular weight is 439 g/mol. The van der Waals surface area contributed by atoms with Crippen molar-refractivity contribution in [3.63, 3.8) is 0 Å². The zero-order chi connectivity index (χ0) is 18.3. The first-order valence-electron chi connectivity index (χ1n) is 6.43. The maximum atomic E-state index is 10.6. The number of carboxylic acid groups (broad SMARTS) is 2. The summed E-state index contributed by atoms with van der Waals surface area (Å²) >= 11 is 11.3. The van der Waals surface area contributed by atoms with Gasteiger partial charge < -0.3 is 19.7 Å². The number of halogens is 2. The van der Waals surface area contributed by atoms with Gasteiger partial charge in [0.2, 0.25) is 0 Å². The molecule has 0 aliphatic heterocycles. The number of hydrogen-bond donors (Lipinski definition) is 2. The maximum absolute atomic E-state index is 10.6. The average Bonchev–Trinajstić information content (AvgIpc) is 2.54. The third-order valence-corrected chi connectivity index (χ3v) is 3.26. The Labute approximate surface area is 167 Å². The van der Waals surface area contributed by atoms with E-state index in [4.69, 9.17) is 42.9 Å². The van der Waals surface area contributed by atoms with Crippen LogP contribution in [0.25, 0.3) is 0 Å². The van der Waals surface area contributed by atoms with Crippen LogP contribution in [0.1, 0.15) is 20.7 Å². The molecule has 130 valence electrons. The van der Waals surface area contributed by atoms with Crippen LogP contribution in [0.3, 0.4) is 0 Å². The molecule has 0 bridgehead atoms. The molecule has 0 spiro atoms. The molecular formula is C16H14Cl2O6Zn. The number of benzene rings is 2. The minimum atomic E-state index is -1.02. The summed E-state index contributed by atoms with van der Waals surface area (Å²) in [7, 11) is 2.80. The van der Waals surface area contributed by atoms with E-state index in [9.17, 15) is 9.59 Å². The van der Waals surface area contributed by atoms with Crippen LogP contribution in [0.2, 0.25) is 10.0 Å². The van der Waals surface area contributed by atoms with Crippen LogP contribution in [0.15, 0.2) is 36.4 Å². The van der Waals surface area contributed by atoms with Gasteiger partial charge in [0.25, 0.3) is 0 Å². The molecule has 0 amide bonds. The van der Waals surface area contributed by atoms with Crippen LogP contribution in [0, 0.1) is 0 Å². The molecule has 0 heterocycles. The molecule has 25 heavy (non-hydrogen) atoms. The van der Waals surface area contributed by atoms with Crippen molar-refractivity contribution in [2.24, 2.45) is 0 Å². The number of carboxylic acids is 2. The number of methoxy groups -OCH3 is 2. The third-order valence-electron chi connectivity index (χ3n) is 2.79. The van der Waals surface area contributed by atoms with Gasteiger partial charge in [0, 0.05) is 29.5 Å². The van der Waals surface area contributed by atoms with Crippen LogP contribution in [0.4, 0.5) is 0 Å². The van der Waals surface area contributed by atoms with Crippen molar-refractivity contribution in [3.8, 4) is 11.5 Å². The summed E-state index contributed by atoms with van der Waals surface area (Å²) in [6, 6.07) is 8.75. The first-order chi connectivity index (χ1) is 11.3. The van der Waals surface area contributed by atoms with E-state index in [-0.39, 0.29) is 42.1 Å². The van der Waals surface area contributed by atoms with Gasteiger partial charge in [0.05, 0.1) is 14.2 Å². The van der Waals surface area contributed by atoms with Crippen molar-refractivity contribution < 1.29 is 48.8 Å². The monoisotopic (exact) mass is 436 g/mol. The van der Waals surface area contributed by atoms with Gasteiger partial charge in [-0.2, -0.15) is 0 Å². The number of carbonyl (C=O) groups is 2. The predicted octanol–water partition coefficient (Wildman–Crippen LogP) is 4.09. The Morgan fingerprint density at radius 3 is 1.36 bits per heavy atom. The SMILES string of the molecule is COc1cc(Cl)ccc1C(=O)O.COc1cc(Cl)ccc1C(=O)O.[Zn]. The van der Waals surface area contributed by atoms with Gasteiger partial charge >= 0.3 is 11.9 Å². The standard InChI is InChI=1S/2C8H7ClO3.Zn/c2*1-12-7-4-5(9)2-3-6(7)8(10)11;/h2*2-4H,1H3,(H,10,11);. The Bertz CT molecular complexity index is 688. The third kappa shape index (κ3) is 6.90. The van der Waals surface area contributed by atoms with E-state index in [1.54, 1.807) is 0 Å². The molecule has 0 saturated carbocycles. The summed E-state index contributed by atoms with van der Waals surface area (Å²) < 4.78 is 9.64. The Morgan fingerprint density at radius 1 is 0.800 bits per heavy atom. The minimum absolute atomic E-state index is 0. The first kappa shape index (κ1) is 23.2. The van der Waals surface area contributed by atoms with Crippen molar-refractivity contribution in [2.75, 3.05) is 14.2 Å². The summed E-state index contributed by atoms with van der Waals surface area (Å²) in [4.78, 5) is 21.1. The van der Waals surface area contributed by atoms with Crippen LogP contribution in [-0.4, -0.2) is 36.4 Å². The second kappa shape index (κ2) is 10.9. The molecule has 0 unspecified atom stereocenters. The Kier molecular flexibility index (Phi) is 10.1.